The first-order valence-electron chi connectivity index (χ1n) is 4.63. The minimum Gasteiger partial charge on any atom is -0.385 e. The predicted octanol–water partition coefficient (Wildman–Crippen LogP) is 1.19. The fraction of sp³-hybridized carbons (Fsp3) is 0.556. The highest BCUT2D eigenvalue weighted by Gasteiger charge is 2.26. The van der Waals surface area contributed by atoms with E-state index < -0.39 is 10.1 Å². The SMILES string of the molecule is CC1CC2=C(CCC(S(=O)(=O)O)=C2)N1. The summed E-state index contributed by atoms with van der Waals surface area (Å²) < 4.78 is 30.7. The molecule has 0 radical (unpaired) electrons. The lowest BCUT2D eigenvalue weighted by Gasteiger charge is -2.13. The molecule has 4 nitrogen and oxygen atoms in total. The maximum Gasteiger partial charge on any atom is 0.290 e. The van der Waals surface area contributed by atoms with Crippen molar-refractivity contribution in [1.82, 2.24) is 5.32 Å². The van der Waals surface area contributed by atoms with Gasteiger partial charge >= 0.3 is 0 Å². The van der Waals surface area contributed by atoms with Gasteiger partial charge in [-0.3, -0.25) is 4.55 Å². The highest BCUT2D eigenvalue weighted by atomic mass is 32.2. The van der Waals surface area contributed by atoms with Crippen LogP contribution in [0.15, 0.2) is 22.3 Å². The highest BCUT2D eigenvalue weighted by molar-refractivity contribution is 7.89. The van der Waals surface area contributed by atoms with Gasteiger partial charge in [-0.15, -0.1) is 0 Å². The lowest BCUT2D eigenvalue weighted by Crippen LogP contribution is -2.18. The molecule has 5 heteroatoms. The van der Waals surface area contributed by atoms with Crippen molar-refractivity contribution in [2.45, 2.75) is 32.2 Å². The van der Waals surface area contributed by atoms with Crippen molar-refractivity contribution in [3.8, 4) is 0 Å². The summed E-state index contributed by atoms with van der Waals surface area (Å²) >= 11 is 0. The van der Waals surface area contributed by atoms with Crippen molar-refractivity contribution in [1.29, 1.82) is 0 Å². The lowest BCUT2D eigenvalue weighted by molar-refractivity contribution is 0.488. The zero-order chi connectivity index (χ0) is 10.3. The van der Waals surface area contributed by atoms with E-state index in [1.54, 1.807) is 6.08 Å². The van der Waals surface area contributed by atoms with Crippen molar-refractivity contribution in [3.05, 3.63) is 22.3 Å². The number of hydrogen-bond acceptors (Lipinski definition) is 3. The number of nitrogens with one attached hydrogen (secondary N) is 1. The van der Waals surface area contributed by atoms with Gasteiger partial charge in [0, 0.05) is 11.7 Å². The van der Waals surface area contributed by atoms with Gasteiger partial charge in [0.1, 0.15) is 0 Å². The van der Waals surface area contributed by atoms with E-state index in [2.05, 4.69) is 12.2 Å². The molecule has 0 aromatic heterocycles. The van der Waals surface area contributed by atoms with Crippen molar-refractivity contribution in [2.75, 3.05) is 0 Å². The third-order valence-electron chi connectivity index (χ3n) is 2.62. The monoisotopic (exact) mass is 215 g/mol. The molecule has 0 spiro atoms. The molecule has 1 atom stereocenters. The Morgan fingerprint density at radius 1 is 1.50 bits per heavy atom. The second-order valence-corrected chi connectivity index (χ2v) is 5.31. The summed E-state index contributed by atoms with van der Waals surface area (Å²) in [4.78, 5) is 0.146. The van der Waals surface area contributed by atoms with Gasteiger partial charge in [0.25, 0.3) is 10.1 Å². The summed E-state index contributed by atoms with van der Waals surface area (Å²) in [5, 5.41) is 3.29. The molecule has 2 rings (SSSR count). The average molecular weight is 215 g/mol. The Hall–Kier alpha value is -0.810. The Morgan fingerprint density at radius 2 is 2.21 bits per heavy atom. The van der Waals surface area contributed by atoms with E-state index in [0.717, 1.165) is 17.7 Å². The molecule has 78 valence electrons. The standard InChI is InChI=1S/C9H13NO3S/c1-6-4-7-5-8(14(11,12)13)2-3-9(7)10-6/h5-6,10H,2-4H2,1H3,(H,11,12,13). The number of allylic oxidation sites excluding steroid dienone is 3. The molecule has 1 heterocycles. The smallest absolute Gasteiger partial charge is 0.290 e. The fourth-order valence-electron chi connectivity index (χ4n) is 1.99. The first-order valence-corrected chi connectivity index (χ1v) is 6.07. The van der Waals surface area contributed by atoms with Crippen LogP contribution in [0.3, 0.4) is 0 Å². The lowest BCUT2D eigenvalue weighted by atomic mass is 10.0. The summed E-state index contributed by atoms with van der Waals surface area (Å²) in [6.45, 7) is 2.05. The van der Waals surface area contributed by atoms with Gasteiger partial charge < -0.3 is 5.32 Å². The molecule has 0 aromatic rings. The summed E-state index contributed by atoms with van der Waals surface area (Å²) in [5.74, 6) is 0. The van der Waals surface area contributed by atoms with Crippen LogP contribution >= 0.6 is 0 Å². The Labute approximate surface area is 83.4 Å². The van der Waals surface area contributed by atoms with Gasteiger partial charge in [-0.2, -0.15) is 8.42 Å². The van der Waals surface area contributed by atoms with Crippen LogP contribution in [0.5, 0.6) is 0 Å². The van der Waals surface area contributed by atoms with Crippen molar-refractivity contribution in [2.24, 2.45) is 0 Å². The summed E-state index contributed by atoms with van der Waals surface area (Å²) in [6.07, 6.45) is 3.53. The Balaban J connectivity index is 2.32. The van der Waals surface area contributed by atoms with Crippen molar-refractivity contribution < 1.29 is 13.0 Å². The molecule has 2 aliphatic rings. The van der Waals surface area contributed by atoms with E-state index in [4.69, 9.17) is 4.55 Å². The molecular weight excluding hydrogens is 202 g/mol. The summed E-state index contributed by atoms with van der Waals surface area (Å²) in [6, 6.07) is 0.372. The predicted molar refractivity (Wildman–Crippen MR) is 53.1 cm³/mol. The normalized spacial score (nSPS) is 27.0. The van der Waals surface area contributed by atoms with E-state index in [9.17, 15) is 8.42 Å². The minimum absolute atomic E-state index is 0.146. The molecule has 0 aromatic carbocycles. The highest BCUT2D eigenvalue weighted by Crippen LogP contribution is 2.31. The van der Waals surface area contributed by atoms with E-state index in [0.29, 0.717) is 18.9 Å². The zero-order valence-corrected chi connectivity index (χ0v) is 8.76. The Morgan fingerprint density at radius 3 is 2.86 bits per heavy atom. The van der Waals surface area contributed by atoms with Crippen LogP contribution in [0.1, 0.15) is 26.2 Å². The third kappa shape index (κ3) is 1.69. The largest absolute Gasteiger partial charge is 0.385 e. The average Bonchev–Trinajstić information content (AvgIpc) is 2.41. The molecule has 1 aliphatic heterocycles. The first kappa shape index (κ1) is 9.73. The summed E-state index contributed by atoms with van der Waals surface area (Å²) in [5.41, 5.74) is 2.15. The molecule has 2 N–H and O–H groups in total. The Bertz CT molecular complexity index is 419. The second kappa shape index (κ2) is 3.10. The van der Waals surface area contributed by atoms with Crippen LogP contribution in [0, 0.1) is 0 Å². The minimum atomic E-state index is -3.98. The molecule has 0 saturated heterocycles. The van der Waals surface area contributed by atoms with Crippen LogP contribution in [0.25, 0.3) is 0 Å². The molecule has 14 heavy (non-hydrogen) atoms. The molecular formula is C9H13NO3S. The first-order chi connectivity index (χ1) is 6.47. The van der Waals surface area contributed by atoms with Gasteiger partial charge in [0.05, 0.1) is 4.91 Å². The number of hydrogen-bond donors (Lipinski definition) is 2. The van der Waals surface area contributed by atoms with E-state index >= 15 is 0 Å². The molecule has 0 amide bonds. The van der Waals surface area contributed by atoms with Crippen molar-refractivity contribution in [3.63, 3.8) is 0 Å². The van der Waals surface area contributed by atoms with Crippen LogP contribution in [-0.2, 0) is 10.1 Å². The van der Waals surface area contributed by atoms with Crippen LogP contribution in [-0.4, -0.2) is 19.0 Å². The van der Waals surface area contributed by atoms with Gasteiger partial charge in [0.15, 0.2) is 0 Å². The molecule has 1 aliphatic carbocycles. The van der Waals surface area contributed by atoms with E-state index in [1.165, 1.54) is 0 Å². The van der Waals surface area contributed by atoms with Crippen LogP contribution in [0.2, 0.25) is 0 Å². The van der Waals surface area contributed by atoms with E-state index in [1.807, 2.05) is 0 Å². The van der Waals surface area contributed by atoms with Gasteiger partial charge in [-0.1, -0.05) is 0 Å². The maximum absolute atomic E-state index is 10.9. The maximum atomic E-state index is 10.9. The third-order valence-corrected chi connectivity index (χ3v) is 3.61. The molecule has 0 saturated carbocycles. The fourth-order valence-corrected chi connectivity index (χ4v) is 2.64. The van der Waals surface area contributed by atoms with Crippen molar-refractivity contribution >= 4 is 10.1 Å². The zero-order valence-electron chi connectivity index (χ0n) is 7.95. The summed E-state index contributed by atoms with van der Waals surface area (Å²) in [7, 11) is -3.98. The second-order valence-electron chi connectivity index (χ2n) is 3.84. The number of rotatable bonds is 1. The van der Waals surface area contributed by atoms with E-state index in [-0.39, 0.29) is 4.91 Å². The quantitative estimate of drug-likeness (QED) is 0.645. The van der Waals surface area contributed by atoms with Gasteiger partial charge in [-0.05, 0) is 37.8 Å². The molecule has 0 bridgehead atoms. The van der Waals surface area contributed by atoms with Crippen LogP contribution in [0.4, 0.5) is 0 Å². The van der Waals surface area contributed by atoms with Gasteiger partial charge in [0.2, 0.25) is 0 Å². The van der Waals surface area contributed by atoms with Crippen LogP contribution < -0.4 is 5.32 Å². The molecule has 0 fully saturated rings. The molecule has 1 unspecified atom stereocenters. The topological polar surface area (TPSA) is 66.4 Å². The van der Waals surface area contributed by atoms with Gasteiger partial charge in [-0.25, -0.2) is 0 Å². The Kier molecular flexibility index (Phi) is 2.16.